The first-order valence-electron chi connectivity index (χ1n) is 6.50. The molecule has 0 unspecified atom stereocenters. The Kier molecular flexibility index (Phi) is 5.65. The van der Waals surface area contributed by atoms with Gasteiger partial charge in [-0.15, -0.1) is 0 Å². The summed E-state index contributed by atoms with van der Waals surface area (Å²) in [5.74, 6) is -0.494. The molecule has 0 radical (unpaired) electrons. The van der Waals surface area contributed by atoms with E-state index in [0.29, 0.717) is 0 Å². The molecule has 2 rings (SSSR count). The summed E-state index contributed by atoms with van der Waals surface area (Å²) in [5.41, 5.74) is 0.801. The predicted octanol–water partition coefficient (Wildman–Crippen LogP) is 3.24. The number of carbonyl (C=O) groups excluding carboxylic acids is 1. The number of nitrogens with one attached hydrogen (secondary N) is 1. The standard InChI is InChI=1S/C15H12ClN3O4/c16-13-7-6-12(8-14(13)19(21)22)18-15(20)10-23-17-9-11-4-2-1-3-5-11/h1-9H,10H2,(H,18,20). The van der Waals surface area contributed by atoms with Gasteiger partial charge in [-0.1, -0.05) is 47.1 Å². The van der Waals surface area contributed by atoms with Crippen molar-refractivity contribution in [3.05, 3.63) is 69.2 Å². The zero-order chi connectivity index (χ0) is 16.7. The van der Waals surface area contributed by atoms with Gasteiger partial charge < -0.3 is 10.2 Å². The number of rotatable bonds is 6. The molecule has 0 fully saturated rings. The number of halogens is 1. The molecule has 118 valence electrons. The van der Waals surface area contributed by atoms with Crippen molar-refractivity contribution in [3.8, 4) is 0 Å². The lowest BCUT2D eigenvalue weighted by molar-refractivity contribution is -0.384. The Morgan fingerprint density at radius 2 is 2.04 bits per heavy atom. The van der Waals surface area contributed by atoms with Gasteiger partial charge in [-0.05, 0) is 17.7 Å². The quantitative estimate of drug-likeness (QED) is 0.499. The summed E-state index contributed by atoms with van der Waals surface area (Å²) in [6, 6.07) is 13.2. The molecule has 2 aromatic rings. The molecule has 0 aliphatic heterocycles. The highest BCUT2D eigenvalue weighted by Gasteiger charge is 2.13. The molecule has 2 aromatic carbocycles. The molecule has 1 amide bonds. The number of anilines is 1. The van der Waals surface area contributed by atoms with Crippen molar-refractivity contribution in [2.75, 3.05) is 11.9 Å². The second-order valence-electron chi connectivity index (χ2n) is 4.39. The molecule has 1 N–H and O–H groups in total. The lowest BCUT2D eigenvalue weighted by atomic mass is 10.2. The van der Waals surface area contributed by atoms with Crippen LogP contribution in [0.3, 0.4) is 0 Å². The maximum absolute atomic E-state index is 11.7. The number of amides is 1. The average Bonchev–Trinajstić information content (AvgIpc) is 2.54. The summed E-state index contributed by atoms with van der Waals surface area (Å²) in [7, 11) is 0. The highest BCUT2D eigenvalue weighted by Crippen LogP contribution is 2.27. The fraction of sp³-hybridized carbons (Fsp3) is 0.0667. The zero-order valence-electron chi connectivity index (χ0n) is 11.8. The van der Waals surface area contributed by atoms with Crippen LogP contribution in [-0.2, 0) is 9.63 Å². The van der Waals surface area contributed by atoms with E-state index in [4.69, 9.17) is 16.4 Å². The topological polar surface area (TPSA) is 93.8 Å². The maximum atomic E-state index is 11.7. The third-order valence-corrected chi connectivity index (χ3v) is 3.02. The molecule has 0 aromatic heterocycles. The molecular formula is C15H12ClN3O4. The first-order valence-corrected chi connectivity index (χ1v) is 6.88. The normalized spacial score (nSPS) is 10.5. The lowest BCUT2D eigenvalue weighted by Gasteiger charge is -2.04. The molecule has 0 bridgehead atoms. The number of hydrogen-bond acceptors (Lipinski definition) is 5. The van der Waals surface area contributed by atoms with E-state index in [1.165, 1.54) is 24.4 Å². The third kappa shape index (κ3) is 5.08. The summed E-state index contributed by atoms with van der Waals surface area (Å²) in [6.07, 6.45) is 1.47. The van der Waals surface area contributed by atoms with E-state index in [2.05, 4.69) is 10.5 Å². The van der Waals surface area contributed by atoms with Crippen LogP contribution in [0.4, 0.5) is 11.4 Å². The van der Waals surface area contributed by atoms with Gasteiger partial charge in [0.2, 0.25) is 0 Å². The number of carbonyl (C=O) groups is 1. The van der Waals surface area contributed by atoms with Crippen LogP contribution in [0.15, 0.2) is 53.7 Å². The van der Waals surface area contributed by atoms with E-state index >= 15 is 0 Å². The molecule has 0 heterocycles. The Labute approximate surface area is 136 Å². The summed E-state index contributed by atoms with van der Waals surface area (Å²) < 4.78 is 0. The van der Waals surface area contributed by atoms with Crippen molar-refractivity contribution in [1.29, 1.82) is 0 Å². The van der Waals surface area contributed by atoms with Crippen molar-refractivity contribution in [3.63, 3.8) is 0 Å². The Bertz CT molecular complexity index is 735. The van der Waals surface area contributed by atoms with Gasteiger partial charge in [-0.25, -0.2) is 0 Å². The van der Waals surface area contributed by atoms with Gasteiger partial charge in [0.15, 0.2) is 6.61 Å². The second kappa shape index (κ2) is 7.90. The minimum absolute atomic E-state index is 0.00305. The fourth-order valence-corrected chi connectivity index (χ4v) is 1.85. The Morgan fingerprint density at radius 3 is 2.74 bits per heavy atom. The highest BCUT2D eigenvalue weighted by molar-refractivity contribution is 6.32. The molecule has 7 nitrogen and oxygen atoms in total. The van der Waals surface area contributed by atoms with Gasteiger partial charge in [-0.2, -0.15) is 0 Å². The van der Waals surface area contributed by atoms with E-state index in [1.54, 1.807) is 0 Å². The van der Waals surface area contributed by atoms with Crippen molar-refractivity contribution in [1.82, 2.24) is 0 Å². The molecule has 0 saturated heterocycles. The average molecular weight is 334 g/mol. The number of nitro groups is 1. The predicted molar refractivity (Wildman–Crippen MR) is 86.7 cm³/mol. The van der Waals surface area contributed by atoms with E-state index in [9.17, 15) is 14.9 Å². The second-order valence-corrected chi connectivity index (χ2v) is 4.80. The van der Waals surface area contributed by atoms with E-state index in [0.717, 1.165) is 5.56 Å². The van der Waals surface area contributed by atoms with Crippen LogP contribution < -0.4 is 5.32 Å². The summed E-state index contributed by atoms with van der Waals surface area (Å²) in [5, 5.41) is 16.9. The van der Waals surface area contributed by atoms with Crippen LogP contribution in [0, 0.1) is 10.1 Å². The van der Waals surface area contributed by atoms with Crippen LogP contribution in [0.5, 0.6) is 0 Å². The van der Waals surface area contributed by atoms with Gasteiger partial charge in [-0.3, -0.25) is 14.9 Å². The molecule has 0 saturated carbocycles. The molecule has 0 aliphatic rings. The molecule has 0 aliphatic carbocycles. The Morgan fingerprint density at radius 1 is 1.30 bits per heavy atom. The van der Waals surface area contributed by atoms with Gasteiger partial charge in [0.1, 0.15) is 5.02 Å². The monoisotopic (exact) mass is 333 g/mol. The Balaban J connectivity index is 1.86. The van der Waals surface area contributed by atoms with Crippen molar-refractivity contribution >= 4 is 35.1 Å². The van der Waals surface area contributed by atoms with Crippen LogP contribution in [0.2, 0.25) is 5.02 Å². The zero-order valence-corrected chi connectivity index (χ0v) is 12.6. The number of hydrogen-bond donors (Lipinski definition) is 1. The minimum Gasteiger partial charge on any atom is -0.386 e. The van der Waals surface area contributed by atoms with Gasteiger partial charge in [0, 0.05) is 11.8 Å². The smallest absolute Gasteiger partial charge is 0.289 e. The summed E-state index contributed by atoms with van der Waals surface area (Å²) >= 11 is 5.69. The van der Waals surface area contributed by atoms with E-state index in [-0.39, 0.29) is 23.0 Å². The summed E-state index contributed by atoms with van der Waals surface area (Å²) in [4.78, 5) is 26.7. The minimum atomic E-state index is -0.626. The summed E-state index contributed by atoms with van der Waals surface area (Å²) in [6.45, 7) is -0.320. The van der Waals surface area contributed by atoms with Crippen molar-refractivity contribution in [2.45, 2.75) is 0 Å². The van der Waals surface area contributed by atoms with Crippen LogP contribution in [0.25, 0.3) is 0 Å². The van der Waals surface area contributed by atoms with Gasteiger partial charge in [0.05, 0.1) is 11.1 Å². The SMILES string of the molecule is O=C(CON=Cc1ccccc1)Nc1ccc(Cl)c([N+](=O)[O-])c1. The number of nitro benzene ring substituents is 1. The largest absolute Gasteiger partial charge is 0.386 e. The molecule has 8 heteroatoms. The molecule has 0 atom stereocenters. The van der Waals surface area contributed by atoms with Crippen molar-refractivity contribution in [2.24, 2.45) is 5.16 Å². The first-order chi connectivity index (χ1) is 11.1. The highest BCUT2D eigenvalue weighted by atomic mass is 35.5. The fourth-order valence-electron chi connectivity index (χ4n) is 1.66. The lowest BCUT2D eigenvalue weighted by Crippen LogP contribution is -2.17. The van der Waals surface area contributed by atoms with E-state index < -0.39 is 10.8 Å². The molecular weight excluding hydrogens is 322 g/mol. The number of benzene rings is 2. The van der Waals surface area contributed by atoms with Gasteiger partial charge >= 0.3 is 0 Å². The first kappa shape index (κ1) is 16.4. The number of oxime groups is 1. The molecule has 23 heavy (non-hydrogen) atoms. The van der Waals surface area contributed by atoms with Crippen LogP contribution in [-0.4, -0.2) is 23.7 Å². The maximum Gasteiger partial charge on any atom is 0.289 e. The van der Waals surface area contributed by atoms with E-state index in [1.807, 2.05) is 30.3 Å². The Hall–Kier alpha value is -2.93. The van der Waals surface area contributed by atoms with Crippen LogP contribution >= 0.6 is 11.6 Å². The van der Waals surface area contributed by atoms with Gasteiger partial charge in [0.25, 0.3) is 11.6 Å². The third-order valence-electron chi connectivity index (χ3n) is 2.70. The molecule has 0 spiro atoms. The van der Waals surface area contributed by atoms with Crippen molar-refractivity contribution < 1.29 is 14.6 Å². The number of nitrogens with zero attached hydrogens (tertiary/aromatic N) is 2. The van der Waals surface area contributed by atoms with Crippen LogP contribution in [0.1, 0.15) is 5.56 Å².